The summed E-state index contributed by atoms with van der Waals surface area (Å²) in [5, 5.41) is 1.32. The van der Waals surface area contributed by atoms with Gasteiger partial charge in [0.05, 0.1) is 10.6 Å². The van der Waals surface area contributed by atoms with Gasteiger partial charge in [0.1, 0.15) is 23.9 Å². The highest BCUT2D eigenvalue weighted by molar-refractivity contribution is 6.33. The van der Waals surface area contributed by atoms with Gasteiger partial charge in [-0.1, -0.05) is 29.8 Å². The standard InChI is InChI=1S/C21H19ClFNO3/c1-12-13(2)21(25)27-19-15(12)9-17(22)20-16(19)10-24(11-26-20)8-7-14-5-3-4-6-18(14)23/h3-6,9H,7-8,10-11H2,1-2H3. The fourth-order valence-electron chi connectivity index (χ4n) is 3.44. The number of fused-ring (bicyclic) bond motifs is 3. The first-order chi connectivity index (χ1) is 13.0. The van der Waals surface area contributed by atoms with E-state index < -0.39 is 0 Å². The van der Waals surface area contributed by atoms with E-state index in [9.17, 15) is 9.18 Å². The highest BCUT2D eigenvalue weighted by Gasteiger charge is 2.25. The number of rotatable bonds is 3. The lowest BCUT2D eigenvalue weighted by Crippen LogP contribution is -2.34. The molecule has 1 aromatic heterocycles. The Morgan fingerprint density at radius 3 is 2.78 bits per heavy atom. The van der Waals surface area contributed by atoms with Crippen LogP contribution in [0.2, 0.25) is 5.02 Å². The molecule has 4 nitrogen and oxygen atoms in total. The van der Waals surface area contributed by atoms with E-state index in [0.717, 1.165) is 16.5 Å². The van der Waals surface area contributed by atoms with Crippen LogP contribution in [-0.4, -0.2) is 18.2 Å². The van der Waals surface area contributed by atoms with Crippen molar-refractivity contribution in [1.82, 2.24) is 4.90 Å². The van der Waals surface area contributed by atoms with Crippen LogP contribution < -0.4 is 10.4 Å². The lowest BCUT2D eigenvalue weighted by atomic mass is 10.0. The number of hydrogen-bond acceptors (Lipinski definition) is 4. The lowest BCUT2D eigenvalue weighted by molar-refractivity contribution is 0.0966. The molecule has 0 aliphatic carbocycles. The van der Waals surface area contributed by atoms with Crippen molar-refractivity contribution in [3.05, 3.63) is 73.8 Å². The largest absolute Gasteiger partial charge is 0.476 e. The minimum Gasteiger partial charge on any atom is -0.476 e. The third-order valence-corrected chi connectivity index (χ3v) is 5.46. The Bertz CT molecular complexity index is 1090. The van der Waals surface area contributed by atoms with Gasteiger partial charge in [0.15, 0.2) is 0 Å². The molecule has 2 heterocycles. The molecule has 0 saturated carbocycles. The van der Waals surface area contributed by atoms with E-state index in [1.165, 1.54) is 6.07 Å². The minimum absolute atomic E-state index is 0.207. The van der Waals surface area contributed by atoms with Gasteiger partial charge in [-0.3, -0.25) is 4.90 Å². The number of nitrogens with zero attached hydrogens (tertiary/aromatic N) is 1. The third-order valence-electron chi connectivity index (χ3n) is 5.18. The smallest absolute Gasteiger partial charge is 0.339 e. The Morgan fingerprint density at radius 2 is 2.00 bits per heavy atom. The predicted molar refractivity (Wildman–Crippen MR) is 103 cm³/mol. The van der Waals surface area contributed by atoms with Crippen molar-refractivity contribution < 1.29 is 13.5 Å². The van der Waals surface area contributed by atoms with Crippen molar-refractivity contribution in [3.63, 3.8) is 0 Å². The zero-order valence-corrected chi connectivity index (χ0v) is 15.9. The van der Waals surface area contributed by atoms with Gasteiger partial charge in [0.25, 0.3) is 0 Å². The molecule has 3 aromatic rings. The molecule has 0 N–H and O–H groups in total. The van der Waals surface area contributed by atoms with Crippen LogP contribution in [0.4, 0.5) is 4.39 Å². The third kappa shape index (κ3) is 3.22. The Morgan fingerprint density at radius 1 is 1.22 bits per heavy atom. The van der Waals surface area contributed by atoms with Gasteiger partial charge < -0.3 is 9.15 Å². The van der Waals surface area contributed by atoms with Gasteiger partial charge in [-0.25, -0.2) is 9.18 Å². The maximum absolute atomic E-state index is 13.9. The highest BCUT2D eigenvalue weighted by atomic mass is 35.5. The highest BCUT2D eigenvalue weighted by Crippen LogP contribution is 2.39. The van der Waals surface area contributed by atoms with Crippen molar-refractivity contribution in [1.29, 1.82) is 0 Å². The monoisotopic (exact) mass is 387 g/mol. The summed E-state index contributed by atoms with van der Waals surface area (Å²) in [5.74, 6) is 0.346. The summed E-state index contributed by atoms with van der Waals surface area (Å²) in [6.45, 7) is 5.11. The van der Waals surface area contributed by atoms with Crippen molar-refractivity contribution in [2.75, 3.05) is 13.3 Å². The molecule has 0 amide bonds. The molecule has 4 rings (SSSR count). The van der Waals surface area contributed by atoms with Gasteiger partial charge in [-0.05, 0) is 43.5 Å². The normalized spacial score (nSPS) is 14.2. The molecule has 1 aliphatic heterocycles. The first kappa shape index (κ1) is 18.0. The predicted octanol–water partition coefficient (Wildman–Crippen LogP) is 4.60. The van der Waals surface area contributed by atoms with Crippen LogP contribution in [0.5, 0.6) is 5.75 Å². The molecule has 0 radical (unpaired) electrons. The van der Waals surface area contributed by atoms with E-state index in [0.29, 0.717) is 53.7 Å². The van der Waals surface area contributed by atoms with Crippen LogP contribution >= 0.6 is 11.6 Å². The second kappa shape index (κ2) is 6.98. The summed E-state index contributed by atoms with van der Waals surface area (Å²) >= 11 is 6.41. The summed E-state index contributed by atoms with van der Waals surface area (Å²) in [6.07, 6.45) is 0.561. The Hall–Kier alpha value is -2.37. The first-order valence-corrected chi connectivity index (χ1v) is 9.17. The molecule has 0 spiro atoms. The SMILES string of the molecule is Cc1c(C)c2cc(Cl)c3c(c2oc1=O)CN(CCc1ccccc1F)CO3. The number of aryl methyl sites for hydroxylation is 1. The van der Waals surface area contributed by atoms with Crippen LogP contribution in [0.15, 0.2) is 39.5 Å². The van der Waals surface area contributed by atoms with Crippen LogP contribution in [0.25, 0.3) is 11.0 Å². The molecule has 0 atom stereocenters. The van der Waals surface area contributed by atoms with E-state index in [1.807, 2.05) is 17.9 Å². The van der Waals surface area contributed by atoms with E-state index in [4.69, 9.17) is 20.8 Å². The molecule has 0 bridgehead atoms. The molecule has 2 aromatic carbocycles. The molecule has 0 fully saturated rings. The molecule has 0 saturated heterocycles. The molecular weight excluding hydrogens is 369 g/mol. The molecule has 27 heavy (non-hydrogen) atoms. The molecular formula is C21H19ClFNO3. The van der Waals surface area contributed by atoms with Crippen molar-refractivity contribution >= 4 is 22.6 Å². The maximum Gasteiger partial charge on any atom is 0.339 e. The molecule has 1 aliphatic rings. The van der Waals surface area contributed by atoms with Crippen LogP contribution in [-0.2, 0) is 13.0 Å². The van der Waals surface area contributed by atoms with E-state index >= 15 is 0 Å². The molecule has 0 unspecified atom stereocenters. The Kier molecular flexibility index (Phi) is 4.66. The fourth-order valence-corrected chi connectivity index (χ4v) is 3.71. The number of hydrogen-bond donors (Lipinski definition) is 0. The number of ether oxygens (including phenoxy) is 1. The topological polar surface area (TPSA) is 42.7 Å². The summed E-state index contributed by atoms with van der Waals surface area (Å²) < 4.78 is 25.3. The van der Waals surface area contributed by atoms with E-state index in [2.05, 4.69) is 0 Å². The van der Waals surface area contributed by atoms with Gasteiger partial charge >= 0.3 is 5.63 Å². The van der Waals surface area contributed by atoms with Crippen LogP contribution in [0.3, 0.4) is 0 Å². The fraction of sp³-hybridized carbons (Fsp3) is 0.286. The zero-order chi connectivity index (χ0) is 19.1. The van der Waals surface area contributed by atoms with Gasteiger partial charge in [0.2, 0.25) is 0 Å². The Balaban J connectivity index is 1.68. The second-order valence-electron chi connectivity index (χ2n) is 6.85. The Labute approximate surface area is 161 Å². The number of benzene rings is 2. The number of halogens is 2. The minimum atomic E-state index is -0.354. The summed E-state index contributed by atoms with van der Waals surface area (Å²) in [7, 11) is 0. The summed E-state index contributed by atoms with van der Waals surface area (Å²) in [4.78, 5) is 14.2. The van der Waals surface area contributed by atoms with E-state index in [1.54, 1.807) is 25.1 Å². The van der Waals surface area contributed by atoms with Crippen LogP contribution in [0, 0.1) is 19.7 Å². The van der Waals surface area contributed by atoms with Crippen molar-refractivity contribution in [3.8, 4) is 5.75 Å². The zero-order valence-electron chi connectivity index (χ0n) is 15.1. The van der Waals surface area contributed by atoms with Crippen molar-refractivity contribution in [2.24, 2.45) is 0 Å². The van der Waals surface area contributed by atoms with Gasteiger partial charge in [-0.15, -0.1) is 0 Å². The van der Waals surface area contributed by atoms with Crippen molar-refractivity contribution in [2.45, 2.75) is 26.8 Å². The summed E-state index contributed by atoms with van der Waals surface area (Å²) in [5.41, 5.74) is 3.02. The molecule has 140 valence electrons. The molecule has 6 heteroatoms. The first-order valence-electron chi connectivity index (χ1n) is 8.79. The van der Waals surface area contributed by atoms with Gasteiger partial charge in [0, 0.05) is 24.0 Å². The lowest BCUT2D eigenvalue weighted by Gasteiger charge is -2.30. The quantitative estimate of drug-likeness (QED) is 0.616. The van der Waals surface area contributed by atoms with Crippen LogP contribution in [0.1, 0.15) is 22.3 Å². The average molecular weight is 388 g/mol. The average Bonchev–Trinajstić information content (AvgIpc) is 2.67. The summed E-state index contributed by atoms with van der Waals surface area (Å²) in [6, 6.07) is 8.54. The maximum atomic E-state index is 13.9. The second-order valence-corrected chi connectivity index (χ2v) is 7.26. The van der Waals surface area contributed by atoms with Gasteiger partial charge in [-0.2, -0.15) is 0 Å². The van der Waals surface area contributed by atoms with E-state index in [-0.39, 0.29) is 11.4 Å².